The predicted octanol–water partition coefficient (Wildman–Crippen LogP) is 3.26. The normalized spacial score (nSPS) is 13.1. The molecule has 3 aromatic carbocycles. The third kappa shape index (κ3) is 2.30. The minimum Gasteiger partial charge on any atom is -0.502 e. The fraction of sp³-hybridized carbons (Fsp3) is 0.0526. The Labute approximate surface area is 152 Å². The number of methoxy groups -OCH3 is 1. The summed E-state index contributed by atoms with van der Waals surface area (Å²) in [6, 6.07) is 11.8. The van der Waals surface area contributed by atoms with Gasteiger partial charge in [0.1, 0.15) is 5.75 Å². The molecule has 1 N–H and O–H groups in total. The van der Waals surface area contributed by atoms with E-state index in [-0.39, 0.29) is 21.9 Å². The summed E-state index contributed by atoms with van der Waals surface area (Å²) < 4.78 is 5.08. The van der Waals surface area contributed by atoms with Gasteiger partial charge in [0.2, 0.25) is 0 Å². The predicted molar refractivity (Wildman–Crippen MR) is 96.4 cm³/mol. The van der Waals surface area contributed by atoms with E-state index in [1.807, 2.05) is 0 Å². The first kappa shape index (κ1) is 16.5. The molecule has 4 rings (SSSR count). The van der Waals surface area contributed by atoms with Crippen molar-refractivity contribution < 1.29 is 24.4 Å². The molecule has 0 radical (unpaired) electrons. The van der Waals surface area contributed by atoms with Gasteiger partial charge in [-0.3, -0.25) is 19.7 Å². The Bertz CT molecular complexity index is 1140. The number of nitro benzene ring substituents is 1. The highest BCUT2D eigenvalue weighted by molar-refractivity contribution is 6.36. The van der Waals surface area contributed by atoms with Crippen LogP contribution in [0.2, 0.25) is 0 Å². The van der Waals surface area contributed by atoms with E-state index in [4.69, 9.17) is 4.74 Å². The zero-order valence-corrected chi connectivity index (χ0v) is 14.0. The number of imide groups is 1. The largest absolute Gasteiger partial charge is 0.502 e. The number of carbonyl (C=O) groups excluding carboxylic acids is 2. The summed E-state index contributed by atoms with van der Waals surface area (Å²) in [5, 5.41) is 21.6. The SMILES string of the molecule is COc1ccc(N2C(=O)c3cccc4c([N+](=O)[O-])c(O)cc(c34)C2=O)cc1. The monoisotopic (exact) mass is 364 g/mol. The summed E-state index contributed by atoms with van der Waals surface area (Å²) in [7, 11) is 1.50. The molecular formula is C19H12N2O6. The summed E-state index contributed by atoms with van der Waals surface area (Å²) in [5.74, 6) is -1.33. The molecule has 134 valence electrons. The molecule has 0 saturated heterocycles. The molecule has 1 aliphatic rings. The number of benzene rings is 3. The van der Waals surface area contributed by atoms with E-state index in [9.17, 15) is 24.8 Å². The number of phenols is 1. The molecule has 0 unspecified atom stereocenters. The highest BCUT2D eigenvalue weighted by Gasteiger charge is 2.37. The van der Waals surface area contributed by atoms with E-state index < -0.39 is 28.2 Å². The summed E-state index contributed by atoms with van der Waals surface area (Å²) in [6.07, 6.45) is 0. The van der Waals surface area contributed by atoms with Crippen LogP contribution in [0.25, 0.3) is 10.8 Å². The van der Waals surface area contributed by atoms with Gasteiger partial charge in [0.15, 0.2) is 5.75 Å². The molecule has 0 saturated carbocycles. The lowest BCUT2D eigenvalue weighted by Crippen LogP contribution is -2.40. The number of anilines is 1. The number of nitrogens with zero attached hydrogens (tertiary/aromatic N) is 2. The number of amides is 2. The average molecular weight is 364 g/mol. The summed E-state index contributed by atoms with van der Waals surface area (Å²) >= 11 is 0. The van der Waals surface area contributed by atoms with E-state index in [2.05, 4.69) is 0 Å². The number of phenolic OH excluding ortho intramolecular Hbond substituents is 1. The Kier molecular flexibility index (Phi) is 3.55. The van der Waals surface area contributed by atoms with Crippen LogP contribution in [-0.4, -0.2) is 29.0 Å². The van der Waals surface area contributed by atoms with Gasteiger partial charge in [-0.15, -0.1) is 0 Å². The van der Waals surface area contributed by atoms with Gasteiger partial charge in [-0.05, 0) is 36.4 Å². The molecule has 27 heavy (non-hydrogen) atoms. The highest BCUT2D eigenvalue weighted by atomic mass is 16.6. The summed E-state index contributed by atoms with van der Waals surface area (Å²) in [5.41, 5.74) is -0.0273. The summed E-state index contributed by atoms with van der Waals surface area (Å²) in [6.45, 7) is 0. The molecule has 0 fully saturated rings. The van der Waals surface area contributed by atoms with Crippen molar-refractivity contribution in [3.63, 3.8) is 0 Å². The summed E-state index contributed by atoms with van der Waals surface area (Å²) in [4.78, 5) is 37.5. The zero-order chi connectivity index (χ0) is 19.3. The smallest absolute Gasteiger partial charge is 0.318 e. The molecule has 2 amide bonds. The first-order chi connectivity index (χ1) is 12.9. The van der Waals surface area contributed by atoms with E-state index in [0.717, 1.165) is 11.0 Å². The molecule has 0 aromatic heterocycles. The fourth-order valence-corrected chi connectivity index (χ4v) is 3.29. The van der Waals surface area contributed by atoms with Gasteiger partial charge >= 0.3 is 5.69 Å². The van der Waals surface area contributed by atoms with Crippen molar-refractivity contribution >= 4 is 34.0 Å². The Morgan fingerprint density at radius 1 is 1.04 bits per heavy atom. The maximum Gasteiger partial charge on any atom is 0.318 e. The van der Waals surface area contributed by atoms with Crippen LogP contribution in [0.3, 0.4) is 0 Å². The fourth-order valence-electron chi connectivity index (χ4n) is 3.29. The van der Waals surface area contributed by atoms with Crippen LogP contribution in [0.5, 0.6) is 11.5 Å². The van der Waals surface area contributed by atoms with Crippen LogP contribution < -0.4 is 9.64 Å². The Balaban J connectivity index is 1.98. The first-order valence-electron chi connectivity index (χ1n) is 7.90. The van der Waals surface area contributed by atoms with E-state index in [1.165, 1.54) is 25.3 Å². The minimum absolute atomic E-state index is 0.0270. The Morgan fingerprint density at radius 3 is 2.33 bits per heavy atom. The number of carbonyl (C=O) groups is 2. The molecule has 0 spiro atoms. The molecule has 0 atom stereocenters. The van der Waals surface area contributed by atoms with E-state index in [0.29, 0.717) is 11.4 Å². The lowest BCUT2D eigenvalue weighted by atomic mass is 9.92. The van der Waals surface area contributed by atoms with Crippen LogP contribution in [0.15, 0.2) is 48.5 Å². The maximum atomic E-state index is 13.0. The second-order valence-electron chi connectivity index (χ2n) is 5.92. The average Bonchev–Trinajstić information content (AvgIpc) is 2.66. The number of nitro groups is 1. The van der Waals surface area contributed by atoms with Gasteiger partial charge in [-0.25, -0.2) is 4.90 Å². The van der Waals surface area contributed by atoms with Crippen LogP contribution >= 0.6 is 0 Å². The first-order valence-corrected chi connectivity index (χ1v) is 7.90. The minimum atomic E-state index is -0.733. The number of aromatic hydroxyl groups is 1. The molecule has 8 nitrogen and oxygen atoms in total. The van der Waals surface area contributed by atoms with Crippen molar-refractivity contribution in [1.82, 2.24) is 0 Å². The maximum absolute atomic E-state index is 13.0. The third-order valence-corrected chi connectivity index (χ3v) is 4.49. The van der Waals surface area contributed by atoms with Crippen molar-refractivity contribution in [3.05, 3.63) is 69.8 Å². The van der Waals surface area contributed by atoms with Gasteiger partial charge in [0.05, 0.1) is 28.7 Å². The standard InChI is InChI=1S/C19H12N2O6/c1-27-11-7-5-10(6-8-11)20-18(23)13-4-2-3-12-16(13)14(19(20)24)9-15(22)17(12)21(25)26/h2-9,22H,1H3. The molecule has 0 aliphatic carbocycles. The van der Waals surface area contributed by atoms with Crippen molar-refractivity contribution in [2.45, 2.75) is 0 Å². The van der Waals surface area contributed by atoms with Crippen molar-refractivity contribution in [1.29, 1.82) is 0 Å². The Morgan fingerprint density at radius 2 is 1.70 bits per heavy atom. The van der Waals surface area contributed by atoms with Crippen LogP contribution in [0.1, 0.15) is 20.7 Å². The number of hydrogen-bond acceptors (Lipinski definition) is 6. The van der Waals surface area contributed by atoms with Crippen molar-refractivity contribution in [3.8, 4) is 11.5 Å². The lowest BCUT2D eigenvalue weighted by molar-refractivity contribution is -0.384. The topological polar surface area (TPSA) is 110 Å². The quantitative estimate of drug-likeness (QED) is 0.434. The van der Waals surface area contributed by atoms with Crippen molar-refractivity contribution in [2.24, 2.45) is 0 Å². The number of rotatable bonds is 3. The molecular weight excluding hydrogens is 352 g/mol. The second-order valence-corrected chi connectivity index (χ2v) is 5.92. The van der Waals surface area contributed by atoms with Gasteiger partial charge < -0.3 is 9.84 Å². The molecule has 0 bridgehead atoms. The van der Waals surface area contributed by atoms with Gasteiger partial charge in [-0.2, -0.15) is 0 Å². The van der Waals surface area contributed by atoms with E-state index >= 15 is 0 Å². The van der Waals surface area contributed by atoms with Gasteiger partial charge in [0, 0.05) is 17.0 Å². The third-order valence-electron chi connectivity index (χ3n) is 4.49. The number of ether oxygens (including phenoxy) is 1. The van der Waals surface area contributed by atoms with Gasteiger partial charge in [0.25, 0.3) is 11.8 Å². The molecule has 3 aromatic rings. The second kappa shape index (κ2) is 5.80. The molecule has 1 aliphatic heterocycles. The molecule has 1 heterocycles. The van der Waals surface area contributed by atoms with Crippen molar-refractivity contribution in [2.75, 3.05) is 12.0 Å². The van der Waals surface area contributed by atoms with Crippen LogP contribution in [-0.2, 0) is 0 Å². The Hall–Kier alpha value is -3.94. The van der Waals surface area contributed by atoms with Gasteiger partial charge in [-0.1, -0.05) is 6.07 Å². The number of hydrogen-bond donors (Lipinski definition) is 1. The van der Waals surface area contributed by atoms with Crippen LogP contribution in [0, 0.1) is 10.1 Å². The molecule has 8 heteroatoms. The zero-order valence-electron chi connectivity index (χ0n) is 14.0. The highest BCUT2D eigenvalue weighted by Crippen LogP contribution is 2.41. The lowest BCUT2D eigenvalue weighted by Gasteiger charge is -2.27. The van der Waals surface area contributed by atoms with E-state index in [1.54, 1.807) is 24.3 Å². The van der Waals surface area contributed by atoms with Crippen LogP contribution in [0.4, 0.5) is 11.4 Å².